The highest BCUT2D eigenvalue weighted by Gasteiger charge is 2.26. The summed E-state index contributed by atoms with van der Waals surface area (Å²) >= 11 is 0. The number of aromatic nitrogens is 2. The van der Waals surface area contributed by atoms with Gasteiger partial charge in [0.2, 0.25) is 0 Å². The van der Waals surface area contributed by atoms with Crippen LogP contribution in [-0.2, 0) is 27.4 Å². The zero-order chi connectivity index (χ0) is 23.7. The Balaban J connectivity index is 1.87. The lowest BCUT2D eigenvalue weighted by Gasteiger charge is -2.15. The Labute approximate surface area is 190 Å². The Bertz CT molecular complexity index is 1310. The smallest absolute Gasteiger partial charge is 0.344 e. The highest BCUT2D eigenvalue weighted by molar-refractivity contribution is 6.06. The summed E-state index contributed by atoms with van der Waals surface area (Å²) in [5, 5.41) is 11.1. The van der Waals surface area contributed by atoms with Gasteiger partial charge in [-0.3, -0.25) is 0 Å². The zero-order valence-electron chi connectivity index (χ0n) is 18.5. The maximum absolute atomic E-state index is 12.5. The first-order chi connectivity index (χ1) is 15.9. The van der Waals surface area contributed by atoms with Gasteiger partial charge >= 0.3 is 11.9 Å². The van der Waals surface area contributed by atoms with Gasteiger partial charge < -0.3 is 23.9 Å². The molecule has 168 valence electrons. The topological polar surface area (TPSA) is 102 Å². The second-order valence-electron chi connectivity index (χ2n) is 7.58. The van der Waals surface area contributed by atoms with Crippen LogP contribution in [0.2, 0.25) is 0 Å². The SMILES string of the molecule is CC[n+]1cc(C(=O)OC)c2c(c1)/C(=C\c1ccc3cn(CC(=O)[O-])cc(C(=O)OC)c1-3)C=C2. The van der Waals surface area contributed by atoms with E-state index in [0.717, 1.165) is 22.3 Å². The van der Waals surface area contributed by atoms with E-state index in [9.17, 15) is 19.5 Å². The van der Waals surface area contributed by atoms with E-state index in [-0.39, 0.29) is 12.1 Å². The molecular weight excluding hydrogens is 424 g/mol. The van der Waals surface area contributed by atoms with Crippen molar-refractivity contribution in [3.8, 4) is 11.1 Å². The minimum atomic E-state index is -1.26. The summed E-state index contributed by atoms with van der Waals surface area (Å²) in [5.41, 5.74) is 5.35. The number of fused-ring (bicyclic) bond motifs is 2. The Morgan fingerprint density at radius 1 is 1.03 bits per heavy atom. The number of hydrogen-bond acceptors (Lipinski definition) is 6. The summed E-state index contributed by atoms with van der Waals surface area (Å²) in [6.45, 7) is 2.27. The molecule has 0 unspecified atom stereocenters. The molecule has 2 aliphatic carbocycles. The number of pyridine rings is 2. The number of methoxy groups -OCH3 is 2. The van der Waals surface area contributed by atoms with Gasteiger partial charge in [0.1, 0.15) is 12.1 Å². The molecule has 1 aromatic rings. The molecule has 33 heavy (non-hydrogen) atoms. The molecule has 0 atom stereocenters. The van der Waals surface area contributed by atoms with Crippen LogP contribution >= 0.6 is 0 Å². The van der Waals surface area contributed by atoms with E-state index < -0.39 is 17.9 Å². The lowest BCUT2D eigenvalue weighted by atomic mass is 9.98. The molecule has 0 radical (unpaired) electrons. The monoisotopic (exact) mass is 446 g/mol. The van der Waals surface area contributed by atoms with Crippen LogP contribution in [0.5, 0.6) is 0 Å². The molecule has 2 heterocycles. The molecule has 0 N–H and O–H groups in total. The number of hydrogen-bond donors (Lipinski definition) is 0. The van der Waals surface area contributed by atoms with Crippen LogP contribution in [0.25, 0.3) is 28.9 Å². The number of carbonyl (C=O) groups excluding carboxylic acids is 3. The van der Waals surface area contributed by atoms with Crippen LogP contribution in [0.1, 0.15) is 44.3 Å². The van der Waals surface area contributed by atoms with E-state index in [0.29, 0.717) is 23.2 Å². The number of allylic oxidation sites excluding steroid dienone is 2. The maximum Gasteiger partial charge on any atom is 0.344 e. The summed E-state index contributed by atoms with van der Waals surface area (Å²) in [5.74, 6) is -2.25. The van der Waals surface area contributed by atoms with E-state index in [2.05, 4.69) is 0 Å². The number of ether oxygens (including phenoxy) is 2. The Hall–Kier alpha value is -4.20. The molecule has 0 bridgehead atoms. The van der Waals surface area contributed by atoms with Crippen molar-refractivity contribution in [2.75, 3.05) is 14.2 Å². The maximum atomic E-state index is 12.5. The number of nitrogens with zero attached hydrogens (tertiary/aromatic N) is 2. The Morgan fingerprint density at radius 3 is 2.42 bits per heavy atom. The molecule has 8 heteroatoms. The fraction of sp³-hybridized carbons (Fsp3) is 0.200. The minimum absolute atomic E-state index is 0.252. The van der Waals surface area contributed by atoms with E-state index in [1.165, 1.54) is 25.0 Å². The van der Waals surface area contributed by atoms with E-state index in [1.807, 2.05) is 48.0 Å². The number of aryl methyl sites for hydroxylation is 1. The summed E-state index contributed by atoms with van der Waals surface area (Å²) < 4.78 is 13.2. The fourth-order valence-electron chi connectivity index (χ4n) is 4.08. The molecule has 4 rings (SSSR count). The fourth-order valence-corrected chi connectivity index (χ4v) is 4.08. The van der Waals surface area contributed by atoms with Crippen molar-refractivity contribution in [1.29, 1.82) is 0 Å². The van der Waals surface area contributed by atoms with Gasteiger partial charge in [0, 0.05) is 23.5 Å². The number of carboxylic acid groups (broad SMARTS) is 1. The van der Waals surface area contributed by atoms with Crippen LogP contribution < -0.4 is 9.67 Å². The summed E-state index contributed by atoms with van der Waals surface area (Å²) in [7, 11) is 2.63. The van der Waals surface area contributed by atoms with Crippen molar-refractivity contribution < 1.29 is 33.5 Å². The predicted molar refractivity (Wildman–Crippen MR) is 118 cm³/mol. The van der Waals surface area contributed by atoms with Crippen molar-refractivity contribution in [2.45, 2.75) is 20.0 Å². The molecule has 0 spiro atoms. The van der Waals surface area contributed by atoms with Crippen LogP contribution in [0, 0.1) is 0 Å². The van der Waals surface area contributed by atoms with E-state index in [1.54, 1.807) is 12.4 Å². The zero-order valence-corrected chi connectivity index (χ0v) is 18.5. The third-order valence-corrected chi connectivity index (χ3v) is 5.60. The summed E-state index contributed by atoms with van der Waals surface area (Å²) in [6.07, 6.45) is 12.5. The van der Waals surface area contributed by atoms with Gasteiger partial charge in [-0.05, 0) is 29.7 Å². The quantitative estimate of drug-likeness (QED) is 0.423. The van der Waals surface area contributed by atoms with Gasteiger partial charge in [-0.15, -0.1) is 0 Å². The lowest BCUT2D eigenvalue weighted by molar-refractivity contribution is -0.693. The first kappa shape index (κ1) is 22.0. The van der Waals surface area contributed by atoms with E-state index >= 15 is 0 Å². The molecule has 0 saturated heterocycles. The largest absolute Gasteiger partial charge is 0.548 e. The normalized spacial score (nSPS) is 13.4. The van der Waals surface area contributed by atoms with Gasteiger partial charge in [-0.1, -0.05) is 24.3 Å². The average molecular weight is 446 g/mol. The second kappa shape index (κ2) is 8.74. The van der Waals surface area contributed by atoms with Crippen LogP contribution in [0.3, 0.4) is 0 Å². The third-order valence-electron chi connectivity index (χ3n) is 5.60. The molecule has 0 fully saturated rings. The van der Waals surface area contributed by atoms with Gasteiger partial charge in [0.15, 0.2) is 12.4 Å². The van der Waals surface area contributed by atoms with E-state index in [4.69, 9.17) is 9.47 Å². The third kappa shape index (κ3) is 4.03. The Morgan fingerprint density at radius 2 is 1.76 bits per heavy atom. The number of rotatable bonds is 6. The van der Waals surface area contributed by atoms with Gasteiger partial charge in [0.05, 0.1) is 37.9 Å². The lowest BCUT2D eigenvalue weighted by Crippen LogP contribution is -2.34. The molecule has 0 aromatic carbocycles. The number of aliphatic carboxylic acids is 1. The first-order valence-electron chi connectivity index (χ1n) is 10.3. The van der Waals surface area contributed by atoms with Crippen LogP contribution in [0.4, 0.5) is 0 Å². The predicted octanol–water partition coefficient (Wildman–Crippen LogP) is 1.79. The number of carboxylic acids is 1. The van der Waals surface area contributed by atoms with Gasteiger partial charge in [-0.25, -0.2) is 14.2 Å². The highest BCUT2D eigenvalue weighted by atomic mass is 16.5. The van der Waals surface area contributed by atoms with Crippen molar-refractivity contribution >= 4 is 35.6 Å². The molecule has 0 saturated carbocycles. The van der Waals surface area contributed by atoms with Crippen molar-refractivity contribution in [1.82, 2.24) is 4.57 Å². The molecule has 1 aromatic heterocycles. The molecule has 8 nitrogen and oxygen atoms in total. The number of carbonyl (C=O) groups is 3. The molecule has 3 aliphatic rings. The average Bonchev–Trinajstić information content (AvgIpc) is 3.40. The summed E-state index contributed by atoms with van der Waals surface area (Å²) in [4.78, 5) is 35.9. The highest BCUT2D eigenvalue weighted by Crippen LogP contribution is 2.37. The molecular formula is C25H22N2O6. The van der Waals surface area contributed by atoms with Crippen molar-refractivity contribution in [3.63, 3.8) is 0 Å². The summed E-state index contributed by atoms with van der Waals surface area (Å²) in [6, 6.07) is 3.67. The molecule has 1 aliphatic heterocycles. The van der Waals surface area contributed by atoms with Gasteiger partial charge in [0.25, 0.3) is 0 Å². The number of esters is 2. The Kier molecular flexibility index (Phi) is 5.83. The second-order valence-corrected chi connectivity index (χ2v) is 7.58. The molecule has 0 amide bonds. The van der Waals surface area contributed by atoms with Crippen molar-refractivity contribution in [2.24, 2.45) is 0 Å². The standard InChI is InChI=1S/C25H22N2O6/c1-4-26-11-19-15(7-8-18(19)20(12-26)24(30)32-2)9-16-5-6-17-10-27(14-22(28)29)13-21(23(16)17)25(31)33-3/h5-13H,4,14H2,1-3H3. The van der Waals surface area contributed by atoms with Gasteiger partial charge in [-0.2, -0.15) is 0 Å². The van der Waals surface area contributed by atoms with Crippen LogP contribution in [0.15, 0.2) is 43.0 Å². The van der Waals surface area contributed by atoms with Crippen LogP contribution in [-0.4, -0.2) is 36.7 Å². The first-order valence-corrected chi connectivity index (χ1v) is 10.3. The van der Waals surface area contributed by atoms with Crippen molar-refractivity contribution in [3.05, 3.63) is 70.8 Å². The minimum Gasteiger partial charge on any atom is -0.548 e.